The number of hydrogen-bond donors (Lipinski definition) is 1. The summed E-state index contributed by atoms with van der Waals surface area (Å²) >= 11 is 0. The van der Waals surface area contributed by atoms with Gasteiger partial charge in [0.15, 0.2) is 11.5 Å². The second-order valence-corrected chi connectivity index (χ2v) is 17.0. The standard InChI is InChI=1S/C39H56O6/c1-23(2)25-14-19-39(34(42)45-27-12-10-24(33(41)44-9)22-28(27)43-8)21-20-37(6)26(32(25)39)11-13-30-36(5)17-16-31(40)35(3,4)29(36)15-18-38(30,37)7/h10,12,22,25-26,29-32,40H,1,11,13-21H2,2-9H3/t25-,26+,29-,30+,31-,32+,36-,37+,38+,39-/m0/s1. The predicted molar refractivity (Wildman–Crippen MR) is 175 cm³/mol. The third-order valence-corrected chi connectivity index (χ3v) is 15.2. The molecule has 5 aliphatic carbocycles. The molecule has 1 aromatic rings. The molecule has 45 heavy (non-hydrogen) atoms. The van der Waals surface area contributed by atoms with Crippen molar-refractivity contribution in [2.75, 3.05) is 14.2 Å². The van der Waals surface area contributed by atoms with Crippen LogP contribution in [0.2, 0.25) is 0 Å². The van der Waals surface area contributed by atoms with Gasteiger partial charge in [0.1, 0.15) is 0 Å². The Morgan fingerprint density at radius 1 is 0.844 bits per heavy atom. The molecule has 6 rings (SSSR count). The molecule has 0 bridgehead atoms. The summed E-state index contributed by atoms with van der Waals surface area (Å²) in [6, 6.07) is 4.86. The number of methoxy groups -OCH3 is 2. The second kappa shape index (κ2) is 10.9. The lowest BCUT2D eigenvalue weighted by molar-refractivity contribution is -0.247. The van der Waals surface area contributed by atoms with Crippen molar-refractivity contribution in [3.05, 3.63) is 35.9 Å². The number of fused-ring (bicyclic) bond motifs is 7. The molecule has 0 unspecified atom stereocenters. The van der Waals surface area contributed by atoms with Gasteiger partial charge in [-0.2, -0.15) is 0 Å². The number of esters is 2. The Morgan fingerprint density at radius 3 is 2.24 bits per heavy atom. The summed E-state index contributed by atoms with van der Waals surface area (Å²) in [6.45, 7) is 19.0. The van der Waals surface area contributed by atoms with Crippen LogP contribution in [0.5, 0.6) is 11.5 Å². The first-order chi connectivity index (χ1) is 21.1. The number of carbonyl (C=O) groups is 2. The third-order valence-electron chi connectivity index (χ3n) is 15.2. The lowest BCUT2D eigenvalue weighted by Gasteiger charge is -2.72. The zero-order valence-electron chi connectivity index (χ0n) is 29.0. The number of hydrogen-bond acceptors (Lipinski definition) is 6. The topological polar surface area (TPSA) is 82.1 Å². The molecule has 1 aromatic carbocycles. The average molecular weight is 621 g/mol. The summed E-state index contributed by atoms with van der Waals surface area (Å²) in [7, 11) is 2.87. The highest BCUT2D eigenvalue weighted by Gasteiger charge is 2.72. The smallest absolute Gasteiger partial charge is 0.337 e. The fraction of sp³-hybridized carbons (Fsp3) is 0.744. The van der Waals surface area contributed by atoms with Crippen molar-refractivity contribution in [3.8, 4) is 11.5 Å². The molecule has 0 amide bonds. The average Bonchev–Trinajstić information content (AvgIpc) is 3.41. The van der Waals surface area contributed by atoms with Crippen LogP contribution in [0, 0.1) is 56.7 Å². The Hall–Kier alpha value is -2.34. The van der Waals surface area contributed by atoms with E-state index in [9.17, 15) is 14.7 Å². The van der Waals surface area contributed by atoms with Gasteiger partial charge in [0.05, 0.1) is 31.3 Å². The number of rotatable bonds is 5. The molecule has 5 fully saturated rings. The van der Waals surface area contributed by atoms with E-state index in [1.807, 2.05) is 0 Å². The number of allylic oxidation sites excluding steroid dienone is 1. The first-order valence-corrected chi connectivity index (χ1v) is 17.4. The van der Waals surface area contributed by atoms with Crippen molar-refractivity contribution in [2.45, 2.75) is 112 Å². The lowest BCUT2D eigenvalue weighted by Crippen LogP contribution is -2.67. The number of benzene rings is 1. The van der Waals surface area contributed by atoms with Gasteiger partial charge in [-0.15, -0.1) is 0 Å². The highest BCUT2D eigenvalue weighted by molar-refractivity contribution is 5.90. The van der Waals surface area contributed by atoms with Crippen LogP contribution in [0.25, 0.3) is 0 Å². The molecule has 6 nitrogen and oxygen atoms in total. The zero-order valence-corrected chi connectivity index (χ0v) is 29.0. The van der Waals surface area contributed by atoms with Crippen molar-refractivity contribution in [1.82, 2.24) is 0 Å². The molecule has 0 saturated heterocycles. The predicted octanol–water partition coefficient (Wildman–Crippen LogP) is 8.41. The first kappa shape index (κ1) is 32.6. The maximum atomic E-state index is 14.5. The van der Waals surface area contributed by atoms with Gasteiger partial charge in [0, 0.05) is 0 Å². The molecule has 5 aliphatic rings. The molecule has 0 aromatic heterocycles. The molecule has 6 heteroatoms. The summed E-state index contributed by atoms with van der Waals surface area (Å²) in [5, 5.41) is 11.1. The number of carbonyl (C=O) groups excluding carboxylic acids is 2. The van der Waals surface area contributed by atoms with E-state index in [1.165, 1.54) is 39.1 Å². The van der Waals surface area contributed by atoms with Gasteiger partial charge in [-0.05, 0) is 141 Å². The fourth-order valence-corrected chi connectivity index (χ4v) is 12.7. The molecule has 10 atom stereocenters. The van der Waals surface area contributed by atoms with Crippen LogP contribution in [-0.2, 0) is 9.53 Å². The molecule has 0 radical (unpaired) electrons. The lowest BCUT2D eigenvalue weighted by atomic mass is 9.32. The normalized spacial score (nSPS) is 43.1. The van der Waals surface area contributed by atoms with Crippen molar-refractivity contribution in [1.29, 1.82) is 0 Å². The van der Waals surface area contributed by atoms with Crippen molar-refractivity contribution in [2.24, 2.45) is 56.7 Å². The molecule has 0 spiro atoms. The fourth-order valence-electron chi connectivity index (χ4n) is 12.7. The van der Waals surface area contributed by atoms with E-state index in [1.54, 1.807) is 18.2 Å². The molecular weight excluding hydrogens is 564 g/mol. The van der Waals surface area contributed by atoms with E-state index in [4.69, 9.17) is 14.2 Å². The molecular formula is C39H56O6. The molecule has 1 N–H and O–H groups in total. The molecule has 248 valence electrons. The minimum atomic E-state index is -0.568. The largest absolute Gasteiger partial charge is 0.493 e. The van der Waals surface area contributed by atoms with Gasteiger partial charge in [-0.25, -0.2) is 4.79 Å². The van der Waals surface area contributed by atoms with Crippen LogP contribution in [0.15, 0.2) is 30.4 Å². The monoisotopic (exact) mass is 620 g/mol. The van der Waals surface area contributed by atoms with E-state index in [2.05, 4.69) is 48.1 Å². The summed E-state index contributed by atoms with van der Waals surface area (Å²) in [5.41, 5.74) is 1.40. The van der Waals surface area contributed by atoms with E-state index < -0.39 is 11.4 Å². The van der Waals surface area contributed by atoms with Crippen LogP contribution in [0.3, 0.4) is 0 Å². The number of aliphatic hydroxyl groups is 1. The minimum Gasteiger partial charge on any atom is -0.493 e. The quantitative estimate of drug-likeness (QED) is 0.202. The minimum absolute atomic E-state index is 0.0653. The number of ether oxygens (including phenoxy) is 3. The Kier molecular flexibility index (Phi) is 7.86. The van der Waals surface area contributed by atoms with Crippen LogP contribution >= 0.6 is 0 Å². The Balaban J connectivity index is 1.35. The van der Waals surface area contributed by atoms with Gasteiger partial charge in [-0.3, -0.25) is 4.79 Å². The van der Waals surface area contributed by atoms with Crippen LogP contribution in [0.4, 0.5) is 0 Å². The van der Waals surface area contributed by atoms with E-state index >= 15 is 0 Å². The molecule has 5 saturated carbocycles. The van der Waals surface area contributed by atoms with Crippen molar-refractivity contribution >= 4 is 11.9 Å². The van der Waals surface area contributed by atoms with Gasteiger partial charge >= 0.3 is 11.9 Å². The Morgan fingerprint density at radius 2 is 1.58 bits per heavy atom. The number of aliphatic hydroxyl groups excluding tert-OH is 1. The summed E-state index contributed by atoms with van der Waals surface area (Å²) in [6.07, 6.45) is 10.1. The maximum Gasteiger partial charge on any atom is 0.337 e. The zero-order chi connectivity index (χ0) is 32.7. The van der Waals surface area contributed by atoms with E-state index in [0.717, 1.165) is 44.9 Å². The van der Waals surface area contributed by atoms with Crippen LogP contribution < -0.4 is 9.47 Å². The SMILES string of the molecule is C=C(C)[C@@H]1CC[C@]2(C(=O)Oc3ccc(C(=O)OC)cc3OC)CC[C@]3(C)[C@H](CC[C@@H]4[C@@]5(C)CC[C@H](O)C(C)(C)[C@@H]5CC[C@]43C)[C@@H]12. The van der Waals surface area contributed by atoms with Crippen LogP contribution in [0.1, 0.15) is 116 Å². The van der Waals surface area contributed by atoms with Crippen molar-refractivity contribution in [3.63, 3.8) is 0 Å². The molecule has 0 heterocycles. The summed E-state index contributed by atoms with van der Waals surface area (Å²) < 4.78 is 16.7. The van der Waals surface area contributed by atoms with Gasteiger partial charge < -0.3 is 19.3 Å². The van der Waals surface area contributed by atoms with Gasteiger partial charge in [0.25, 0.3) is 0 Å². The highest BCUT2D eigenvalue weighted by Crippen LogP contribution is 2.77. The highest BCUT2D eigenvalue weighted by atomic mass is 16.6. The van der Waals surface area contributed by atoms with Gasteiger partial charge in [-0.1, -0.05) is 46.8 Å². The second-order valence-electron chi connectivity index (χ2n) is 17.0. The first-order valence-electron chi connectivity index (χ1n) is 17.4. The molecule has 0 aliphatic heterocycles. The summed E-state index contributed by atoms with van der Waals surface area (Å²) in [4.78, 5) is 26.7. The van der Waals surface area contributed by atoms with Gasteiger partial charge in [0.2, 0.25) is 0 Å². The third kappa shape index (κ3) is 4.43. The van der Waals surface area contributed by atoms with Crippen LogP contribution in [-0.4, -0.2) is 37.4 Å². The van der Waals surface area contributed by atoms with Crippen molar-refractivity contribution < 1.29 is 28.9 Å². The summed E-state index contributed by atoms with van der Waals surface area (Å²) in [5.74, 6) is 2.11. The Labute approximate surface area is 270 Å². The Bertz CT molecular complexity index is 1380. The van der Waals surface area contributed by atoms with E-state index in [-0.39, 0.29) is 39.7 Å². The van der Waals surface area contributed by atoms with E-state index in [0.29, 0.717) is 40.7 Å². The maximum absolute atomic E-state index is 14.5.